The van der Waals surface area contributed by atoms with Crippen molar-refractivity contribution in [3.63, 3.8) is 0 Å². The molecule has 0 aromatic carbocycles. The van der Waals surface area contributed by atoms with Crippen LogP contribution in [0.25, 0.3) is 0 Å². The van der Waals surface area contributed by atoms with E-state index < -0.39 is 0 Å². The summed E-state index contributed by atoms with van der Waals surface area (Å²) in [5.41, 5.74) is 0. The van der Waals surface area contributed by atoms with Gasteiger partial charge in [-0.05, 0) is 50.9 Å². The summed E-state index contributed by atoms with van der Waals surface area (Å²) in [5.74, 6) is 2.54. The van der Waals surface area contributed by atoms with Gasteiger partial charge in [-0.3, -0.25) is 0 Å². The fraction of sp³-hybridized carbons (Fsp3) is 1.00. The molecule has 112 valence electrons. The molecule has 2 bridgehead atoms. The minimum absolute atomic E-state index is 0.707. The van der Waals surface area contributed by atoms with E-state index in [0.29, 0.717) is 6.04 Å². The Morgan fingerprint density at radius 1 is 1.05 bits per heavy atom. The lowest BCUT2D eigenvalue weighted by atomic mass is 9.72. The average Bonchev–Trinajstić information content (AvgIpc) is 2.34. The maximum absolute atomic E-state index is 4.04. The molecule has 1 saturated heterocycles. The van der Waals surface area contributed by atoms with Gasteiger partial charge in [-0.25, -0.2) is 0 Å². The standard InChI is InChI=1S/C17H34N2/c1-6-16(12(2)3)18-17-14-8-7-9-15(17)11-19(10-14)13(4)5/h12-18H,6-11H2,1-5H3. The molecule has 0 amide bonds. The molecular formula is C17H34N2. The molecule has 2 rings (SSSR count). The van der Waals surface area contributed by atoms with E-state index in [1.807, 2.05) is 0 Å². The maximum Gasteiger partial charge on any atom is 0.0151 e. The smallest absolute Gasteiger partial charge is 0.0151 e. The van der Waals surface area contributed by atoms with E-state index in [1.54, 1.807) is 0 Å². The molecule has 2 nitrogen and oxygen atoms in total. The number of nitrogens with one attached hydrogen (secondary N) is 1. The molecule has 2 fully saturated rings. The van der Waals surface area contributed by atoms with Gasteiger partial charge in [0, 0.05) is 31.2 Å². The van der Waals surface area contributed by atoms with Crippen LogP contribution in [0.2, 0.25) is 0 Å². The van der Waals surface area contributed by atoms with Crippen molar-refractivity contribution in [3.05, 3.63) is 0 Å². The van der Waals surface area contributed by atoms with Crippen LogP contribution in [0, 0.1) is 17.8 Å². The van der Waals surface area contributed by atoms with Crippen LogP contribution in [-0.4, -0.2) is 36.1 Å². The van der Waals surface area contributed by atoms with E-state index in [4.69, 9.17) is 0 Å². The van der Waals surface area contributed by atoms with Crippen LogP contribution in [0.4, 0.5) is 0 Å². The lowest BCUT2D eigenvalue weighted by Crippen LogP contribution is -2.60. The van der Waals surface area contributed by atoms with Gasteiger partial charge in [0.15, 0.2) is 0 Å². The largest absolute Gasteiger partial charge is 0.310 e. The number of fused-ring (bicyclic) bond motifs is 2. The molecule has 3 unspecified atom stereocenters. The van der Waals surface area contributed by atoms with Gasteiger partial charge in [0.1, 0.15) is 0 Å². The zero-order chi connectivity index (χ0) is 14.0. The normalized spacial score (nSPS) is 33.9. The van der Waals surface area contributed by atoms with Crippen molar-refractivity contribution in [2.24, 2.45) is 17.8 Å². The predicted octanol–water partition coefficient (Wildman–Crippen LogP) is 3.52. The molecule has 2 heteroatoms. The average molecular weight is 266 g/mol. The molecule has 1 N–H and O–H groups in total. The Labute approximate surface area is 120 Å². The highest BCUT2D eigenvalue weighted by Gasteiger charge is 2.40. The first-order valence-electron chi connectivity index (χ1n) is 8.53. The highest BCUT2D eigenvalue weighted by Crippen LogP contribution is 2.36. The van der Waals surface area contributed by atoms with Crippen LogP contribution in [-0.2, 0) is 0 Å². The van der Waals surface area contributed by atoms with Gasteiger partial charge in [-0.15, -0.1) is 0 Å². The van der Waals surface area contributed by atoms with Gasteiger partial charge >= 0.3 is 0 Å². The van der Waals surface area contributed by atoms with Crippen LogP contribution in [0.1, 0.15) is 60.3 Å². The van der Waals surface area contributed by atoms with Crippen molar-refractivity contribution in [1.82, 2.24) is 10.2 Å². The molecule has 1 aliphatic heterocycles. The van der Waals surface area contributed by atoms with Crippen molar-refractivity contribution in [2.45, 2.75) is 78.4 Å². The Bertz CT molecular complexity index is 260. The Morgan fingerprint density at radius 2 is 1.63 bits per heavy atom. The number of rotatable bonds is 5. The minimum atomic E-state index is 0.707. The Balaban J connectivity index is 2.01. The zero-order valence-corrected chi connectivity index (χ0v) is 13.7. The number of piperidine rings is 1. The van der Waals surface area contributed by atoms with Crippen LogP contribution >= 0.6 is 0 Å². The summed E-state index contributed by atoms with van der Waals surface area (Å²) in [4.78, 5) is 2.71. The fourth-order valence-electron chi connectivity index (χ4n) is 4.20. The van der Waals surface area contributed by atoms with Gasteiger partial charge in [0.25, 0.3) is 0 Å². The zero-order valence-electron chi connectivity index (χ0n) is 13.7. The Hall–Kier alpha value is -0.0800. The summed E-state index contributed by atoms with van der Waals surface area (Å²) in [5, 5.41) is 4.04. The van der Waals surface area contributed by atoms with Gasteiger partial charge in [-0.1, -0.05) is 27.2 Å². The summed E-state index contributed by atoms with van der Waals surface area (Å²) >= 11 is 0. The van der Waals surface area contributed by atoms with E-state index in [9.17, 15) is 0 Å². The van der Waals surface area contributed by atoms with E-state index >= 15 is 0 Å². The molecule has 0 radical (unpaired) electrons. The lowest BCUT2D eigenvalue weighted by Gasteiger charge is -2.50. The van der Waals surface area contributed by atoms with Gasteiger partial charge in [-0.2, -0.15) is 0 Å². The fourth-order valence-corrected chi connectivity index (χ4v) is 4.20. The second-order valence-corrected chi connectivity index (χ2v) is 7.45. The summed E-state index contributed by atoms with van der Waals surface area (Å²) in [7, 11) is 0. The summed E-state index contributed by atoms with van der Waals surface area (Å²) in [6, 6.07) is 2.21. The van der Waals surface area contributed by atoms with Gasteiger partial charge in [0.05, 0.1) is 0 Å². The quantitative estimate of drug-likeness (QED) is 0.819. The molecule has 1 heterocycles. The summed E-state index contributed by atoms with van der Waals surface area (Å²) in [6.07, 6.45) is 5.59. The number of hydrogen-bond acceptors (Lipinski definition) is 2. The molecule has 2 aliphatic rings. The SMILES string of the molecule is CCC(NC1C2CCCC1CN(C(C)C)C2)C(C)C. The van der Waals surface area contributed by atoms with Crippen LogP contribution in [0.5, 0.6) is 0 Å². The molecule has 1 saturated carbocycles. The van der Waals surface area contributed by atoms with E-state index in [-0.39, 0.29) is 0 Å². The molecule has 19 heavy (non-hydrogen) atoms. The number of nitrogens with zero attached hydrogens (tertiary/aromatic N) is 1. The molecular weight excluding hydrogens is 232 g/mol. The molecule has 1 aliphatic carbocycles. The van der Waals surface area contributed by atoms with E-state index in [0.717, 1.165) is 29.8 Å². The Morgan fingerprint density at radius 3 is 2.05 bits per heavy atom. The van der Waals surface area contributed by atoms with Gasteiger partial charge in [0.2, 0.25) is 0 Å². The van der Waals surface area contributed by atoms with Crippen molar-refractivity contribution in [2.75, 3.05) is 13.1 Å². The molecule has 0 aromatic heterocycles. The van der Waals surface area contributed by atoms with Crippen molar-refractivity contribution < 1.29 is 0 Å². The first-order chi connectivity index (χ1) is 9.02. The highest BCUT2D eigenvalue weighted by molar-refractivity contribution is 4.96. The summed E-state index contributed by atoms with van der Waals surface area (Å²) in [6.45, 7) is 14.4. The third-order valence-electron chi connectivity index (χ3n) is 5.48. The van der Waals surface area contributed by atoms with E-state index in [2.05, 4.69) is 44.8 Å². The van der Waals surface area contributed by atoms with Crippen LogP contribution in [0.3, 0.4) is 0 Å². The van der Waals surface area contributed by atoms with Crippen molar-refractivity contribution in [3.8, 4) is 0 Å². The predicted molar refractivity (Wildman–Crippen MR) is 83.4 cm³/mol. The lowest BCUT2D eigenvalue weighted by molar-refractivity contribution is 0.0221. The molecule has 3 atom stereocenters. The first-order valence-corrected chi connectivity index (χ1v) is 8.53. The summed E-state index contributed by atoms with van der Waals surface area (Å²) < 4.78 is 0. The topological polar surface area (TPSA) is 15.3 Å². The molecule has 0 spiro atoms. The van der Waals surface area contributed by atoms with Gasteiger partial charge < -0.3 is 10.2 Å². The Kier molecular flexibility index (Phi) is 5.30. The van der Waals surface area contributed by atoms with Crippen LogP contribution < -0.4 is 5.32 Å². The third-order valence-corrected chi connectivity index (χ3v) is 5.48. The first kappa shape index (κ1) is 15.3. The number of likely N-dealkylation sites (tertiary alicyclic amines) is 1. The van der Waals surface area contributed by atoms with Crippen molar-refractivity contribution >= 4 is 0 Å². The van der Waals surface area contributed by atoms with E-state index in [1.165, 1.54) is 38.8 Å². The van der Waals surface area contributed by atoms with Crippen molar-refractivity contribution in [1.29, 1.82) is 0 Å². The highest BCUT2D eigenvalue weighted by atomic mass is 15.2. The monoisotopic (exact) mass is 266 g/mol. The molecule has 0 aromatic rings. The second kappa shape index (κ2) is 6.58. The second-order valence-electron chi connectivity index (χ2n) is 7.45. The maximum atomic E-state index is 4.04. The number of hydrogen-bond donors (Lipinski definition) is 1. The van der Waals surface area contributed by atoms with Crippen LogP contribution in [0.15, 0.2) is 0 Å². The minimum Gasteiger partial charge on any atom is -0.310 e. The third kappa shape index (κ3) is 3.52.